The van der Waals surface area contributed by atoms with Gasteiger partial charge >= 0.3 is 0 Å². The van der Waals surface area contributed by atoms with E-state index in [9.17, 15) is 10.1 Å². The summed E-state index contributed by atoms with van der Waals surface area (Å²) in [5, 5.41) is 15.8. The molecule has 0 unspecified atom stereocenters. The Hall–Kier alpha value is -1.85. The van der Waals surface area contributed by atoms with E-state index >= 15 is 0 Å². The van der Waals surface area contributed by atoms with Crippen molar-refractivity contribution in [3.05, 3.63) is 43.7 Å². The van der Waals surface area contributed by atoms with Crippen LogP contribution in [0, 0.1) is 25.2 Å². The normalized spacial score (nSPS) is 10.1. The maximum Gasteiger partial charge on any atom is 0.257 e. The predicted molar refractivity (Wildman–Crippen MR) is 105 cm³/mol. The smallest absolute Gasteiger partial charge is 0.257 e. The third-order valence-electron chi connectivity index (χ3n) is 3.42. The largest absolute Gasteiger partial charge is 0.494 e. The van der Waals surface area contributed by atoms with Gasteiger partial charge < -0.3 is 10.1 Å². The first-order valence-electron chi connectivity index (χ1n) is 6.94. The van der Waals surface area contributed by atoms with Crippen LogP contribution in [-0.2, 0) is 0 Å². The fourth-order valence-corrected chi connectivity index (χ4v) is 3.96. The van der Waals surface area contributed by atoms with E-state index in [1.54, 1.807) is 0 Å². The molecule has 0 aliphatic rings. The van der Waals surface area contributed by atoms with Crippen molar-refractivity contribution in [3.63, 3.8) is 0 Å². The number of carbonyl (C=O) groups excluding carboxylic acids is 1. The van der Waals surface area contributed by atoms with E-state index in [1.807, 2.05) is 13.8 Å². The number of nitriles is 1. The highest BCUT2D eigenvalue weighted by atomic mass is 35.5. The molecule has 0 fully saturated rings. The monoisotopic (exact) mass is 413 g/mol. The highest BCUT2D eigenvalue weighted by Gasteiger charge is 2.17. The lowest BCUT2D eigenvalue weighted by atomic mass is 10.2. The molecule has 0 atom stereocenters. The van der Waals surface area contributed by atoms with Crippen molar-refractivity contribution in [2.45, 2.75) is 13.8 Å². The number of aryl methyl sites for hydroxylation is 1. The van der Waals surface area contributed by atoms with E-state index < -0.39 is 5.91 Å². The lowest BCUT2D eigenvalue weighted by molar-refractivity contribution is 0.0977. The number of benzene rings is 1. The Morgan fingerprint density at radius 3 is 2.44 bits per heavy atom. The molecular weight excluding hydrogens is 401 g/mol. The molecule has 1 heterocycles. The molecule has 2 N–H and O–H groups in total. The van der Waals surface area contributed by atoms with Gasteiger partial charge in [0, 0.05) is 10.4 Å². The van der Waals surface area contributed by atoms with Gasteiger partial charge in [-0.3, -0.25) is 10.1 Å². The zero-order valence-electron chi connectivity index (χ0n) is 13.5. The number of methoxy groups -OCH3 is 1. The Morgan fingerprint density at radius 2 is 1.92 bits per heavy atom. The first kappa shape index (κ1) is 19.5. The van der Waals surface area contributed by atoms with Gasteiger partial charge in [-0.25, -0.2) is 0 Å². The number of amides is 1. The lowest BCUT2D eigenvalue weighted by Gasteiger charge is -2.11. The van der Waals surface area contributed by atoms with Gasteiger partial charge in [0.05, 0.1) is 22.7 Å². The van der Waals surface area contributed by atoms with Gasteiger partial charge in [-0.2, -0.15) is 5.26 Å². The minimum Gasteiger partial charge on any atom is -0.494 e. The SMILES string of the molecule is COc1c(Cl)cc(C(=O)NC(=S)Nc2sc(C)c(C)c2C#N)cc1Cl. The summed E-state index contributed by atoms with van der Waals surface area (Å²) >= 11 is 18.6. The van der Waals surface area contributed by atoms with Crippen LogP contribution in [0.25, 0.3) is 0 Å². The van der Waals surface area contributed by atoms with Crippen LogP contribution in [0.3, 0.4) is 0 Å². The Balaban J connectivity index is 2.15. The number of nitrogens with zero attached hydrogens (tertiary/aromatic N) is 1. The number of nitrogens with one attached hydrogen (secondary N) is 2. The summed E-state index contributed by atoms with van der Waals surface area (Å²) in [5.74, 6) is -0.184. The molecule has 0 saturated carbocycles. The fourth-order valence-electron chi connectivity index (χ4n) is 2.05. The van der Waals surface area contributed by atoms with E-state index in [0.29, 0.717) is 16.3 Å². The Morgan fingerprint density at radius 1 is 1.32 bits per heavy atom. The molecule has 1 amide bonds. The third kappa shape index (κ3) is 4.22. The number of rotatable bonds is 3. The minimum absolute atomic E-state index is 0.0748. The van der Waals surface area contributed by atoms with E-state index in [2.05, 4.69) is 16.7 Å². The standard InChI is InChI=1S/C16H13Cl2N3O2S2/c1-7-8(2)25-15(10(7)6-19)21-16(24)20-14(22)9-4-11(17)13(23-3)12(18)5-9/h4-5H,1-3H3,(H2,20,21,22,24). The second kappa shape index (κ2) is 8.02. The molecule has 1 aromatic carbocycles. The van der Waals surface area contributed by atoms with E-state index in [0.717, 1.165) is 10.4 Å². The molecule has 5 nitrogen and oxygen atoms in total. The molecule has 0 aliphatic carbocycles. The lowest BCUT2D eigenvalue weighted by Crippen LogP contribution is -2.34. The number of thiophene rings is 1. The molecule has 0 spiro atoms. The number of carbonyl (C=O) groups is 1. The van der Waals surface area contributed by atoms with Crippen LogP contribution in [0.5, 0.6) is 5.75 Å². The van der Waals surface area contributed by atoms with Crippen LogP contribution in [0.1, 0.15) is 26.4 Å². The summed E-state index contributed by atoms with van der Waals surface area (Å²) in [4.78, 5) is 13.3. The number of hydrogen-bond acceptors (Lipinski definition) is 5. The van der Waals surface area contributed by atoms with Crippen LogP contribution in [-0.4, -0.2) is 18.1 Å². The average Bonchev–Trinajstić information content (AvgIpc) is 2.80. The van der Waals surface area contributed by atoms with Gasteiger partial charge in [0.2, 0.25) is 0 Å². The molecule has 9 heteroatoms. The topological polar surface area (TPSA) is 74.2 Å². The summed E-state index contributed by atoms with van der Waals surface area (Å²) in [6, 6.07) is 5.00. The molecule has 2 aromatic rings. The van der Waals surface area contributed by atoms with Crippen molar-refractivity contribution in [1.29, 1.82) is 5.26 Å². The highest BCUT2D eigenvalue weighted by molar-refractivity contribution is 7.80. The Bertz CT molecular complexity index is 881. The number of hydrogen-bond donors (Lipinski definition) is 2. The molecule has 0 radical (unpaired) electrons. The summed E-state index contributed by atoms with van der Waals surface area (Å²) in [6.07, 6.45) is 0. The van der Waals surface area contributed by atoms with Crippen molar-refractivity contribution >= 4 is 62.8 Å². The number of anilines is 1. The molecule has 130 valence electrons. The molecule has 0 saturated heterocycles. The van der Waals surface area contributed by atoms with Gasteiger partial charge in [-0.15, -0.1) is 11.3 Å². The quantitative estimate of drug-likeness (QED) is 0.714. The summed E-state index contributed by atoms with van der Waals surface area (Å²) in [7, 11) is 1.43. The van der Waals surface area contributed by atoms with Gasteiger partial charge in [0.15, 0.2) is 10.9 Å². The molecule has 0 aliphatic heterocycles. The van der Waals surface area contributed by atoms with Crippen LogP contribution in [0.2, 0.25) is 10.0 Å². The first-order chi connectivity index (χ1) is 11.8. The third-order valence-corrected chi connectivity index (χ3v) is 5.30. The number of ether oxygens (including phenoxy) is 1. The summed E-state index contributed by atoms with van der Waals surface area (Å²) in [6.45, 7) is 3.77. The highest BCUT2D eigenvalue weighted by Crippen LogP contribution is 2.34. The molecule has 2 rings (SSSR count). The Kier molecular flexibility index (Phi) is 6.25. The Labute approximate surface area is 164 Å². The van der Waals surface area contributed by atoms with Crippen LogP contribution < -0.4 is 15.4 Å². The number of thiocarbonyl (C=S) groups is 1. The summed E-state index contributed by atoms with van der Waals surface area (Å²) in [5.41, 5.74) is 1.63. The molecule has 1 aromatic heterocycles. The van der Waals surface area contributed by atoms with Crippen molar-refractivity contribution in [2.75, 3.05) is 12.4 Å². The maximum atomic E-state index is 12.3. The second-order valence-electron chi connectivity index (χ2n) is 4.98. The van der Waals surface area contributed by atoms with Gasteiger partial charge in [0.1, 0.15) is 11.1 Å². The van der Waals surface area contributed by atoms with Crippen molar-refractivity contribution in [3.8, 4) is 11.8 Å². The van der Waals surface area contributed by atoms with Crippen molar-refractivity contribution in [1.82, 2.24) is 5.32 Å². The second-order valence-corrected chi connectivity index (χ2v) is 7.43. The van der Waals surface area contributed by atoms with Gasteiger partial charge in [0.25, 0.3) is 5.91 Å². The molecule has 0 bridgehead atoms. The average molecular weight is 414 g/mol. The van der Waals surface area contributed by atoms with Gasteiger partial charge in [-0.05, 0) is 43.8 Å². The van der Waals surface area contributed by atoms with Crippen LogP contribution in [0.4, 0.5) is 5.00 Å². The van der Waals surface area contributed by atoms with Gasteiger partial charge in [-0.1, -0.05) is 23.2 Å². The van der Waals surface area contributed by atoms with Crippen molar-refractivity contribution < 1.29 is 9.53 Å². The van der Waals surface area contributed by atoms with Crippen LogP contribution in [0.15, 0.2) is 12.1 Å². The zero-order chi connectivity index (χ0) is 18.7. The maximum absolute atomic E-state index is 12.3. The van der Waals surface area contributed by atoms with E-state index in [1.165, 1.54) is 30.6 Å². The van der Waals surface area contributed by atoms with E-state index in [-0.39, 0.29) is 20.7 Å². The minimum atomic E-state index is -0.479. The first-order valence-corrected chi connectivity index (χ1v) is 8.92. The number of halogens is 2. The van der Waals surface area contributed by atoms with Crippen LogP contribution >= 0.6 is 46.8 Å². The fraction of sp³-hybridized carbons (Fsp3) is 0.188. The van der Waals surface area contributed by atoms with E-state index in [4.69, 9.17) is 40.2 Å². The van der Waals surface area contributed by atoms with Crippen molar-refractivity contribution in [2.24, 2.45) is 0 Å². The molecular formula is C16H13Cl2N3O2S2. The predicted octanol–water partition coefficient (Wildman–Crippen LogP) is 4.68. The molecule has 25 heavy (non-hydrogen) atoms. The zero-order valence-corrected chi connectivity index (χ0v) is 16.6. The summed E-state index contributed by atoms with van der Waals surface area (Å²) < 4.78 is 5.05.